The third-order valence-electron chi connectivity index (χ3n) is 5.98. The highest BCUT2D eigenvalue weighted by Gasteiger charge is 2.35. The van der Waals surface area contributed by atoms with Crippen molar-refractivity contribution >= 4 is 23.3 Å². The van der Waals surface area contributed by atoms with Gasteiger partial charge in [-0.1, -0.05) is 37.5 Å². The summed E-state index contributed by atoms with van der Waals surface area (Å²) in [5.41, 5.74) is 1.09. The minimum atomic E-state index is -0.0347. The highest BCUT2D eigenvalue weighted by molar-refractivity contribution is 6.00. The van der Waals surface area contributed by atoms with E-state index < -0.39 is 0 Å². The minimum absolute atomic E-state index is 0.0347. The molecule has 1 aromatic rings. The lowest BCUT2D eigenvalue weighted by Gasteiger charge is -2.33. The normalized spacial score (nSPS) is 26.0. The molecule has 2 atom stereocenters. The molecular weight excluding hydrogens is 340 g/mol. The fraction of sp³-hybridized carbons (Fsp3) is 0.571. The molecule has 0 aromatic heterocycles. The molecular formula is C21H28N4O2. The number of amides is 2. The molecule has 2 fully saturated rings. The Morgan fingerprint density at radius 3 is 2.63 bits per heavy atom. The first-order valence-corrected chi connectivity index (χ1v) is 10.2. The average molecular weight is 368 g/mol. The number of rotatable bonds is 4. The summed E-state index contributed by atoms with van der Waals surface area (Å²) in [5, 5.41) is 12.7. The zero-order valence-corrected chi connectivity index (χ0v) is 15.7. The monoisotopic (exact) mass is 368 g/mol. The van der Waals surface area contributed by atoms with Gasteiger partial charge in [-0.3, -0.25) is 14.6 Å². The van der Waals surface area contributed by atoms with Gasteiger partial charge in [0.15, 0.2) is 0 Å². The van der Waals surface area contributed by atoms with Gasteiger partial charge in [0.2, 0.25) is 11.8 Å². The summed E-state index contributed by atoms with van der Waals surface area (Å²) in [6, 6.07) is 10.6. The molecule has 2 N–H and O–H groups in total. The first kappa shape index (κ1) is 18.0. The Labute approximate surface area is 160 Å². The first-order chi connectivity index (χ1) is 13.2. The molecule has 6 heteroatoms. The number of hydrogen-bond acceptors (Lipinski definition) is 4. The van der Waals surface area contributed by atoms with Crippen LogP contribution in [-0.4, -0.2) is 30.2 Å². The molecule has 2 unspecified atom stereocenters. The molecule has 2 heterocycles. The van der Waals surface area contributed by atoms with Crippen molar-refractivity contribution in [2.24, 2.45) is 16.9 Å². The third-order valence-corrected chi connectivity index (χ3v) is 5.98. The van der Waals surface area contributed by atoms with E-state index in [9.17, 15) is 9.59 Å². The van der Waals surface area contributed by atoms with E-state index in [0.717, 1.165) is 17.9 Å². The lowest BCUT2D eigenvalue weighted by atomic mass is 9.82. The van der Waals surface area contributed by atoms with Gasteiger partial charge in [-0.2, -0.15) is 5.10 Å². The fourth-order valence-corrected chi connectivity index (χ4v) is 4.60. The Morgan fingerprint density at radius 1 is 1.15 bits per heavy atom. The van der Waals surface area contributed by atoms with Crippen molar-refractivity contribution in [2.75, 3.05) is 11.6 Å². The molecule has 0 bridgehead atoms. The number of hydrazone groups is 1. The van der Waals surface area contributed by atoms with E-state index in [-0.39, 0.29) is 17.7 Å². The number of nitrogens with zero attached hydrogens (tertiary/aromatic N) is 2. The Balaban J connectivity index is 1.44. The lowest BCUT2D eigenvalue weighted by Crippen LogP contribution is -2.36. The van der Waals surface area contributed by atoms with Crippen LogP contribution in [0.1, 0.15) is 51.4 Å². The molecule has 2 amide bonds. The maximum atomic E-state index is 12.4. The zero-order valence-electron chi connectivity index (χ0n) is 15.7. The Kier molecular flexibility index (Phi) is 5.41. The van der Waals surface area contributed by atoms with Crippen molar-refractivity contribution < 1.29 is 9.59 Å². The summed E-state index contributed by atoms with van der Waals surface area (Å²) in [7, 11) is 0. The second kappa shape index (κ2) is 8.11. The van der Waals surface area contributed by atoms with Crippen molar-refractivity contribution in [1.82, 2.24) is 10.6 Å². The predicted octanol–water partition coefficient (Wildman–Crippen LogP) is 2.80. The third kappa shape index (κ3) is 4.31. The van der Waals surface area contributed by atoms with Crippen LogP contribution >= 0.6 is 0 Å². The van der Waals surface area contributed by atoms with E-state index >= 15 is 0 Å². The largest absolute Gasteiger partial charge is 0.356 e. The lowest BCUT2D eigenvalue weighted by molar-refractivity contribution is -0.120. The van der Waals surface area contributed by atoms with Gasteiger partial charge >= 0.3 is 0 Å². The van der Waals surface area contributed by atoms with Crippen molar-refractivity contribution in [1.29, 1.82) is 0 Å². The quantitative estimate of drug-likeness (QED) is 0.858. The van der Waals surface area contributed by atoms with Crippen LogP contribution in [0.25, 0.3) is 0 Å². The highest BCUT2D eigenvalue weighted by Crippen LogP contribution is 2.35. The van der Waals surface area contributed by atoms with E-state index in [1.165, 1.54) is 32.1 Å². The molecule has 4 rings (SSSR count). The highest BCUT2D eigenvalue weighted by atomic mass is 16.2. The molecule has 1 saturated heterocycles. The van der Waals surface area contributed by atoms with Crippen LogP contribution in [0.5, 0.6) is 0 Å². The van der Waals surface area contributed by atoms with Gasteiger partial charge in [0, 0.05) is 25.8 Å². The number of amidine groups is 1. The molecule has 0 spiro atoms. The average Bonchev–Trinajstić information content (AvgIpc) is 3.29. The molecule has 0 radical (unpaired) electrons. The second-order valence-electron chi connectivity index (χ2n) is 8.02. The summed E-state index contributed by atoms with van der Waals surface area (Å²) in [4.78, 5) is 23.8. The standard InChI is InChI=1S/C21H28N4O2/c26-20-11-15(14-22-20)12-21(27)23-19-13-18(16-7-3-1-4-8-16)25(24-19)17-9-5-2-6-10-17/h2,5-6,9-10,15-16,18H,1,3-4,7-8,11-14H2,(H,22,26)(H,23,24,27). The Morgan fingerprint density at radius 2 is 1.93 bits per heavy atom. The maximum absolute atomic E-state index is 12.4. The minimum Gasteiger partial charge on any atom is -0.356 e. The molecule has 1 aromatic carbocycles. The van der Waals surface area contributed by atoms with E-state index in [1.54, 1.807) is 0 Å². The molecule has 144 valence electrons. The SMILES string of the molecule is O=C1CC(CC(=O)NC2=NN(c3ccccc3)C(C3CCCCC3)C2)CN1. The van der Waals surface area contributed by atoms with Crippen LogP contribution in [0.4, 0.5) is 5.69 Å². The summed E-state index contributed by atoms with van der Waals surface area (Å²) in [6.07, 6.45) is 7.97. The number of para-hydroxylation sites is 1. The number of hydrogen-bond donors (Lipinski definition) is 2. The zero-order chi connectivity index (χ0) is 18.6. The van der Waals surface area contributed by atoms with E-state index in [1.807, 2.05) is 18.2 Å². The van der Waals surface area contributed by atoms with Crippen LogP contribution in [0.15, 0.2) is 35.4 Å². The van der Waals surface area contributed by atoms with Gasteiger partial charge < -0.3 is 10.6 Å². The molecule has 3 aliphatic rings. The smallest absolute Gasteiger partial charge is 0.225 e. The van der Waals surface area contributed by atoms with Gasteiger partial charge in [0.1, 0.15) is 5.84 Å². The van der Waals surface area contributed by atoms with Crippen LogP contribution in [0, 0.1) is 11.8 Å². The van der Waals surface area contributed by atoms with E-state index in [0.29, 0.717) is 31.3 Å². The predicted molar refractivity (Wildman–Crippen MR) is 105 cm³/mol. The number of carbonyl (C=O) groups excluding carboxylic acids is 2. The van der Waals surface area contributed by atoms with E-state index in [4.69, 9.17) is 5.10 Å². The fourth-order valence-electron chi connectivity index (χ4n) is 4.60. The number of benzene rings is 1. The van der Waals surface area contributed by atoms with Crippen molar-refractivity contribution in [3.8, 4) is 0 Å². The molecule has 6 nitrogen and oxygen atoms in total. The summed E-state index contributed by atoms with van der Waals surface area (Å²) < 4.78 is 0. The maximum Gasteiger partial charge on any atom is 0.225 e. The number of carbonyl (C=O) groups is 2. The van der Waals surface area contributed by atoms with E-state index in [2.05, 4.69) is 27.8 Å². The van der Waals surface area contributed by atoms with Crippen LogP contribution < -0.4 is 15.6 Å². The molecule has 2 aliphatic heterocycles. The van der Waals surface area contributed by atoms with Crippen LogP contribution in [0.3, 0.4) is 0 Å². The number of anilines is 1. The van der Waals surface area contributed by atoms with Crippen molar-refractivity contribution in [3.63, 3.8) is 0 Å². The Hall–Kier alpha value is -2.37. The molecule has 1 aliphatic carbocycles. The molecule has 1 saturated carbocycles. The van der Waals surface area contributed by atoms with Crippen LogP contribution in [0.2, 0.25) is 0 Å². The van der Waals surface area contributed by atoms with Gasteiger partial charge in [-0.25, -0.2) is 0 Å². The summed E-state index contributed by atoms with van der Waals surface area (Å²) in [5.74, 6) is 1.48. The van der Waals surface area contributed by atoms with Crippen molar-refractivity contribution in [2.45, 2.75) is 57.4 Å². The van der Waals surface area contributed by atoms with Gasteiger partial charge in [-0.15, -0.1) is 0 Å². The van der Waals surface area contributed by atoms with Crippen molar-refractivity contribution in [3.05, 3.63) is 30.3 Å². The Bertz CT molecular complexity index is 712. The first-order valence-electron chi connectivity index (χ1n) is 10.2. The van der Waals surface area contributed by atoms with Crippen LogP contribution in [-0.2, 0) is 9.59 Å². The summed E-state index contributed by atoms with van der Waals surface area (Å²) >= 11 is 0. The second-order valence-corrected chi connectivity index (χ2v) is 8.02. The summed E-state index contributed by atoms with van der Waals surface area (Å²) in [6.45, 7) is 0.597. The van der Waals surface area contributed by atoms with Gasteiger partial charge in [0.05, 0.1) is 11.7 Å². The topological polar surface area (TPSA) is 73.8 Å². The molecule has 27 heavy (non-hydrogen) atoms. The number of nitrogens with one attached hydrogen (secondary N) is 2. The van der Waals surface area contributed by atoms with Gasteiger partial charge in [0.25, 0.3) is 0 Å². The van der Waals surface area contributed by atoms with Gasteiger partial charge in [-0.05, 0) is 36.8 Å².